The number of carboxylic acid groups (broad SMARTS) is 1. The summed E-state index contributed by atoms with van der Waals surface area (Å²) >= 11 is 2.87. The predicted octanol–water partition coefficient (Wildman–Crippen LogP) is 1.67. The molecule has 0 aliphatic heterocycles. The van der Waals surface area contributed by atoms with Gasteiger partial charge in [-0.3, -0.25) is 4.79 Å². The lowest BCUT2D eigenvalue weighted by Gasteiger charge is -2.04. The molecule has 0 heterocycles. The zero-order valence-electron chi connectivity index (χ0n) is 8.31. The molecule has 0 saturated heterocycles. The average molecular weight is 284 g/mol. The molecular formula is C11H10BrNO3. The molecule has 5 heteroatoms. The van der Waals surface area contributed by atoms with Gasteiger partial charge in [0.15, 0.2) is 0 Å². The molecule has 84 valence electrons. The third kappa shape index (κ3) is 3.86. The Kier molecular flexibility index (Phi) is 4.72. The lowest BCUT2D eigenvalue weighted by atomic mass is 10.1. The molecule has 16 heavy (non-hydrogen) atoms. The fourth-order valence-corrected chi connectivity index (χ4v) is 1.41. The van der Waals surface area contributed by atoms with Crippen molar-refractivity contribution < 1.29 is 14.7 Å². The van der Waals surface area contributed by atoms with Gasteiger partial charge in [-0.1, -0.05) is 46.3 Å². The highest BCUT2D eigenvalue weighted by atomic mass is 79.9. The molecule has 1 aromatic carbocycles. The summed E-state index contributed by atoms with van der Waals surface area (Å²) in [5, 5.41) is 11.0. The number of halogens is 1. The Morgan fingerprint density at radius 1 is 1.31 bits per heavy atom. The van der Waals surface area contributed by atoms with Crippen molar-refractivity contribution in [3.05, 3.63) is 46.6 Å². The van der Waals surface area contributed by atoms with E-state index >= 15 is 0 Å². The van der Waals surface area contributed by atoms with Crippen molar-refractivity contribution in [3.8, 4) is 0 Å². The number of carbonyl (C=O) groups is 2. The van der Waals surface area contributed by atoms with Crippen LogP contribution in [-0.2, 0) is 16.0 Å². The van der Waals surface area contributed by atoms with Crippen molar-refractivity contribution in [2.24, 2.45) is 0 Å². The minimum absolute atomic E-state index is 0.151. The molecule has 0 radical (unpaired) electrons. The Bertz CT molecular complexity index is 414. The van der Waals surface area contributed by atoms with E-state index in [4.69, 9.17) is 5.11 Å². The Morgan fingerprint density at radius 2 is 1.94 bits per heavy atom. The van der Waals surface area contributed by atoms with Crippen LogP contribution < -0.4 is 5.32 Å². The number of rotatable bonds is 4. The van der Waals surface area contributed by atoms with Crippen molar-refractivity contribution in [2.75, 3.05) is 0 Å². The maximum absolute atomic E-state index is 11.5. The molecular weight excluding hydrogens is 274 g/mol. The summed E-state index contributed by atoms with van der Waals surface area (Å²) in [7, 11) is 0. The maximum atomic E-state index is 11.5. The van der Waals surface area contributed by atoms with E-state index in [1.807, 2.05) is 18.2 Å². The Hall–Kier alpha value is -1.62. The second-order valence-electron chi connectivity index (χ2n) is 3.04. The zero-order valence-corrected chi connectivity index (χ0v) is 9.90. The topological polar surface area (TPSA) is 66.4 Å². The summed E-state index contributed by atoms with van der Waals surface area (Å²) in [6.45, 7) is 0. The van der Waals surface area contributed by atoms with Crippen LogP contribution in [0.1, 0.15) is 5.56 Å². The van der Waals surface area contributed by atoms with Crippen LogP contribution >= 0.6 is 15.9 Å². The molecule has 0 atom stereocenters. The van der Waals surface area contributed by atoms with Crippen LogP contribution in [0.15, 0.2) is 41.0 Å². The third-order valence-electron chi connectivity index (χ3n) is 1.82. The number of nitrogens with one attached hydrogen (secondary N) is 1. The first kappa shape index (κ1) is 12.4. The normalized spacial score (nSPS) is 10.9. The first-order chi connectivity index (χ1) is 7.63. The van der Waals surface area contributed by atoms with Gasteiger partial charge >= 0.3 is 5.97 Å². The number of carboxylic acids is 1. The first-order valence-electron chi connectivity index (χ1n) is 4.51. The summed E-state index contributed by atoms with van der Waals surface area (Å²) in [4.78, 5) is 23.2. The van der Waals surface area contributed by atoms with E-state index in [1.54, 1.807) is 12.1 Å². The summed E-state index contributed by atoms with van der Waals surface area (Å²) in [6, 6.07) is 9.10. The van der Waals surface area contributed by atoms with Gasteiger partial charge in [0.2, 0.25) is 5.91 Å². The molecule has 0 aliphatic carbocycles. The van der Waals surface area contributed by atoms with Crippen molar-refractivity contribution in [2.45, 2.75) is 6.42 Å². The summed E-state index contributed by atoms with van der Waals surface area (Å²) in [5.74, 6) is -1.54. The van der Waals surface area contributed by atoms with Gasteiger partial charge in [-0.2, -0.15) is 0 Å². The quantitative estimate of drug-likeness (QED) is 0.826. The van der Waals surface area contributed by atoms with Gasteiger partial charge in [0.1, 0.15) is 5.70 Å². The second-order valence-corrected chi connectivity index (χ2v) is 3.50. The van der Waals surface area contributed by atoms with E-state index < -0.39 is 5.97 Å². The smallest absolute Gasteiger partial charge is 0.352 e. The van der Waals surface area contributed by atoms with Crippen LogP contribution in [-0.4, -0.2) is 17.0 Å². The average Bonchev–Trinajstić information content (AvgIpc) is 2.27. The zero-order chi connectivity index (χ0) is 12.0. The maximum Gasteiger partial charge on any atom is 0.352 e. The van der Waals surface area contributed by atoms with Crippen molar-refractivity contribution in [1.82, 2.24) is 5.32 Å². The summed E-state index contributed by atoms with van der Waals surface area (Å²) in [5.41, 5.74) is 0.653. The largest absolute Gasteiger partial charge is 0.477 e. The van der Waals surface area contributed by atoms with Crippen LogP contribution in [0.4, 0.5) is 0 Å². The van der Waals surface area contributed by atoms with Gasteiger partial charge in [0, 0.05) is 4.99 Å². The van der Waals surface area contributed by atoms with Gasteiger partial charge < -0.3 is 10.4 Å². The minimum Gasteiger partial charge on any atom is -0.477 e. The lowest BCUT2D eigenvalue weighted by Crippen LogP contribution is -2.28. The number of hydrogen-bond donors (Lipinski definition) is 2. The van der Waals surface area contributed by atoms with Gasteiger partial charge in [-0.05, 0) is 5.56 Å². The van der Waals surface area contributed by atoms with E-state index in [9.17, 15) is 9.59 Å². The number of hydrogen-bond acceptors (Lipinski definition) is 2. The van der Waals surface area contributed by atoms with Crippen molar-refractivity contribution in [3.63, 3.8) is 0 Å². The summed E-state index contributed by atoms with van der Waals surface area (Å²) in [6.07, 6.45) is 0.151. The molecule has 0 bridgehead atoms. The van der Waals surface area contributed by atoms with Crippen LogP contribution in [0.3, 0.4) is 0 Å². The van der Waals surface area contributed by atoms with E-state index in [1.165, 1.54) is 0 Å². The molecule has 1 amide bonds. The highest BCUT2D eigenvalue weighted by molar-refractivity contribution is 9.11. The second kappa shape index (κ2) is 6.07. The molecule has 0 aromatic heterocycles. The Labute approximate surface area is 101 Å². The highest BCUT2D eigenvalue weighted by Gasteiger charge is 2.10. The fourth-order valence-electron chi connectivity index (χ4n) is 1.10. The monoisotopic (exact) mass is 283 g/mol. The Morgan fingerprint density at radius 3 is 2.44 bits per heavy atom. The molecule has 0 aliphatic rings. The number of amides is 1. The Balaban J connectivity index is 2.58. The van der Waals surface area contributed by atoms with Crippen LogP contribution in [0.2, 0.25) is 0 Å². The molecule has 0 unspecified atom stereocenters. The molecule has 0 spiro atoms. The molecule has 0 saturated carbocycles. The van der Waals surface area contributed by atoms with Crippen LogP contribution in [0.25, 0.3) is 0 Å². The van der Waals surface area contributed by atoms with Crippen molar-refractivity contribution in [1.29, 1.82) is 0 Å². The van der Waals surface area contributed by atoms with Gasteiger partial charge in [0.05, 0.1) is 6.42 Å². The third-order valence-corrected chi connectivity index (χ3v) is 2.28. The SMILES string of the molecule is O=C(Cc1ccccc1)N/C(=C\Br)C(=O)O. The minimum atomic E-state index is -1.18. The van der Waals surface area contributed by atoms with E-state index in [2.05, 4.69) is 21.2 Å². The predicted molar refractivity (Wildman–Crippen MR) is 62.9 cm³/mol. The van der Waals surface area contributed by atoms with Crippen LogP contribution in [0.5, 0.6) is 0 Å². The van der Waals surface area contributed by atoms with Crippen LogP contribution in [0, 0.1) is 0 Å². The van der Waals surface area contributed by atoms with E-state index in [0.717, 1.165) is 10.5 Å². The van der Waals surface area contributed by atoms with Gasteiger partial charge in [0.25, 0.3) is 0 Å². The molecule has 1 rings (SSSR count). The first-order valence-corrected chi connectivity index (χ1v) is 5.42. The molecule has 2 N–H and O–H groups in total. The molecule has 4 nitrogen and oxygen atoms in total. The lowest BCUT2D eigenvalue weighted by molar-refractivity contribution is -0.134. The summed E-state index contributed by atoms with van der Waals surface area (Å²) < 4.78 is 0. The fraction of sp³-hybridized carbons (Fsp3) is 0.0909. The molecule has 1 aromatic rings. The molecule has 0 fully saturated rings. The van der Waals surface area contributed by atoms with Gasteiger partial charge in [-0.25, -0.2) is 4.79 Å². The number of aliphatic carboxylic acids is 1. The number of benzene rings is 1. The van der Waals surface area contributed by atoms with E-state index in [-0.39, 0.29) is 18.0 Å². The van der Waals surface area contributed by atoms with E-state index in [0.29, 0.717) is 0 Å². The number of carbonyl (C=O) groups excluding carboxylic acids is 1. The van der Waals surface area contributed by atoms with Crippen molar-refractivity contribution >= 4 is 27.8 Å². The highest BCUT2D eigenvalue weighted by Crippen LogP contribution is 2.01. The van der Waals surface area contributed by atoms with Gasteiger partial charge in [-0.15, -0.1) is 0 Å². The standard InChI is InChI=1S/C11H10BrNO3/c12-7-9(11(15)16)13-10(14)6-8-4-2-1-3-5-8/h1-5,7H,6H2,(H,13,14)(H,15,16)/b9-7-.